The maximum atomic E-state index is 12.4. The molecule has 2 aromatic carbocycles. The van der Waals surface area contributed by atoms with Gasteiger partial charge in [0.1, 0.15) is 5.75 Å². The molecule has 1 aliphatic heterocycles. The molecule has 0 bridgehead atoms. The predicted molar refractivity (Wildman–Crippen MR) is 128 cm³/mol. The van der Waals surface area contributed by atoms with Crippen LogP contribution < -0.4 is 20.7 Å². The number of anilines is 1. The Morgan fingerprint density at radius 1 is 1.12 bits per heavy atom. The predicted octanol–water partition coefficient (Wildman–Crippen LogP) is 3.90. The summed E-state index contributed by atoms with van der Waals surface area (Å²) in [4.78, 5) is 24.9. The Kier molecular flexibility index (Phi) is 9.01. The molecule has 0 saturated carbocycles. The fraction of sp³-hybridized carbons (Fsp3) is 0.375. The van der Waals surface area contributed by atoms with Gasteiger partial charge in [-0.25, -0.2) is 0 Å². The topological polar surface area (TPSA) is 88.7 Å². The van der Waals surface area contributed by atoms with Crippen molar-refractivity contribution in [3.63, 3.8) is 0 Å². The second-order valence-electron chi connectivity index (χ2n) is 7.56. The van der Waals surface area contributed by atoms with Crippen molar-refractivity contribution in [1.82, 2.24) is 10.6 Å². The summed E-state index contributed by atoms with van der Waals surface area (Å²) in [6.45, 7) is 4.00. The molecule has 1 saturated heterocycles. The van der Waals surface area contributed by atoms with Crippen molar-refractivity contribution in [3.05, 3.63) is 59.7 Å². The zero-order valence-electron chi connectivity index (χ0n) is 18.2. The van der Waals surface area contributed by atoms with E-state index in [9.17, 15) is 9.59 Å². The lowest BCUT2D eigenvalue weighted by Gasteiger charge is -2.13. The molecule has 1 fully saturated rings. The smallest absolute Gasteiger partial charge is 0.257 e. The molecule has 2 amide bonds. The van der Waals surface area contributed by atoms with Crippen LogP contribution in [0.25, 0.3) is 0 Å². The third kappa shape index (κ3) is 7.32. The molecule has 0 spiro atoms. The summed E-state index contributed by atoms with van der Waals surface area (Å²) in [6.07, 6.45) is 4.12. The molecule has 1 unspecified atom stereocenters. The highest BCUT2D eigenvalue weighted by Crippen LogP contribution is 2.14. The van der Waals surface area contributed by atoms with Gasteiger partial charge in [0.15, 0.2) is 5.11 Å². The first kappa shape index (κ1) is 23.7. The average molecular weight is 456 g/mol. The Bertz CT molecular complexity index is 927. The van der Waals surface area contributed by atoms with Crippen LogP contribution in [-0.4, -0.2) is 42.8 Å². The molecule has 2 aromatic rings. The van der Waals surface area contributed by atoms with Crippen LogP contribution in [0.4, 0.5) is 5.69 Å². The minimum atomic E-state index is -0.326. The highest BCUT2D eigenvalue weighted by molar-refractivity contribution is 7.80. The van der Waals surface area contributed by atoms with Gasteiger partial charge in [-0.1, -0.05) is 19.4 Å². The Labute approximate surface area is 193 Å². The molecule has 0 radical (unpaired) electrons. The van der Waals surface area contributed by atoms with Gasteiger partial charge in [0, 0.05) is 30.0 Å². The zero-order chi connectivity index (χ0) is 22.8. The number of rotatable bonds is 9. The van der Waals surface area contributed by atoms with Gasteiger partial charge < -0.3 is 20.1 Å². The van der Waals surface area contributed by atoms with Gasteiger partial charge in [-0.15, -0.1) is 0 Å². The molecule has 3 rings (SSSR count). The van der Waals surface area contributed by atoms with E-state index in [4.69, 9.17) is 21.7 Å². The average Bonchev–Trinajstić information content (AvgIpc) is 3.32. The number of hydrogen-bond acceptors (Lipinski definition) is 5. The van der Waals surface area contributed by atoms with Gasteiger partial charge >= 0.3 is 0 Å². The summed E-state index contributed by atoms with van der Waals surface area (Å²) in [5.74, 6) is 0.221. The first-order chi connectivity index (χ1) is 15.5. The number of carbonyl (C=O) groups is 2. The van der Waals surface area contributed by atoms with Crippen LogP contribution in [0.3, 0.4) is 0 Å². The lowest BCUT2D eigenvalue weighted by molar-refractivity contribution is 0.0857. The Morgan fingerprint density at radius 3 is 2.66 bits per heavy atom. The standard InChI is InChI=1S/C24H29N3O4S/c1-2-3-13-30-20-11-9-17(10-12-20)23(29)27-24(32)26-19-7-4-6-18(15-19)22(28)25-16-21-8-5-14-31-21/h4,6-7,9-12,15,21H,2-3,5,8,13-14,16H2,1H3,(H,25,28)(H2,26,27,29,32). The second-order valence-corrected chi connectivity index (χ2v) is 7.97. The van der Waals surface area contributed by atoms with Crippen LogP contribution in [0.5, 0.6) is 5.75 Å². The van der Waals surface area contributed by atoms with Crippen molar-refractivity contribution < 1.29 is 19.1 Å². The monoisotopic (exact) mass is 455 g/mol. The van der Waals surface area contributed by atoms with E-state index in [0.717, 1.165) is 38.0 Å². The van der Waals surface area contributed by atoms with Gasteiger partial charge in [0.25, 0.3) is 11.8 Å². The van der Waals surface area contributed by atoms with E-state index in [1.807, 2.05) is 0 Å². The fourth-order valence-corrected chi connectivity index (χ4v) is 3.44. The third-order valence-electron chi connectivity index (χ3n) is 5.01. The number of unbranched alkanes of at least 4 members (excludes halogenated alkanes) is 1. The van der Waals surface area contributed by atoms with Crippen molar-refractivity contribution >= 4 is 34.8 Å². The van der Waals surface area contributed by atoms with E-state index in [-0.39, 0.29) is 23.0 Å². The minimum Gasteiger partial charge on any atom is -0.494 e. The van der Waals surface area contributed by atoms with Crippen molar-refractivity contribution in [1.29, 1.82) is 0 Å². The largest absolute Gasteiger partial charge is 0.494 e. The van der Waals surface area contributed by atoms with E-state index in [1.54, 1.807) is 48.5 Å². The molecule has 1 heterocycles. The van der Waals surface area contributed by atoms with E-state index >= 15 is 0 Å². The van der Waals surface area contributed by atoms with Crippen molar-refractivity contribution in [3.8, 4) is 5.75 Å². The molecular weight excluding hydrogens is 426 g/mol. The van der Waals surface area contributed by atoms with E-state index < -0.39 is 0 Å². The summed E-state index contributed by atoms with van der Waals surface area (Å²) in [6, 6.07) is 13.9. The maximum Gasteiger partial charge on any atom is 0.257 e. The molecule has 32 heavy (non-hydrogen) atoms. The van der Waals surface area contributed by atoms with Crippen LogP contribution in [-0.2, 0) is 4.74 Å². The molecule has 170 valence electrons. The quantitative estimate of drug-likeness (QED) is 0.393. The van der Waals surface area contributed by atoms with Crippen LogP contribution in [0, 0.1) is 0 Å². The highest BCUT2D eigenvalue weighted by Gasteiger charge is 2.17. The number of hydrogen-bond donors (Lipinski definition) is 3. The maximum absolute atomic E-state index is 12.4. The minimum absolute atomic E-state index is 0.0833. The van der Waals surface area contributed by atoms with Crippen molar-refractivity contribution in [2.45, 2.75) is 38.7 Å². The SMILES string of the molecule is CCCCOc1ccc(C(=O)NC(=S)Nc2cccc(C(=O)NCC3CCCO3)c2)cc1. The Balaban J connectivity index is 1.49. The van der Waals surface area contributed by atoms with Crippen molar-refractivity contribution in [2.75, 3.05) is 25.1 Å². The summed E-state index contributed by atoms with van der Waals surface area (Å²) >= 11 is 5.26. The molecule has 7 nitrogen and oxygen atoms in total. The zero-order valence-corrected chi connectivity index (χ0v) is 19.0. The summed E-state index contributed by atoms with van der Waals surface area (Å²) < 4.78 is 11.1. The molecule has 1 aliphatic rings. The summed E-state index contributed by atoms with van der Waals surface area (Å²) in [5, 5.41) is 8.64. The van der Waals surface area contributed by atoms with Gasteiger partial charge in [-0.2, -0.15) is 0 Å². The van der Waals surface area contributed by atoms with E-state index in [1.165, 1.54) is 0 Å². The number of nitrogens with one attached hydrogen (secondary N) is 3. The normalized spacial score (nSPS) is 15.1. The van der Waals surface area contributed by atoms with E-state index in [2.05, 4.69) is 22.9 Å². The molecule has 0 aromatic heterocycles. The summed E-state index contributed by atoms with van der Waals surface area (Å²) in [5.41, 5.74) is 1.58. The van der Waals surface area contributed by atoms with Crippen LogP contribution >= 0.6 is 12.2 Å². The van der Waals surface area contributed by atoms with Crippen LogP contribution in [0.15, 0.2) is 48.5 Å². The fourth-order valence-electron chi connectivity index (χ4n) is 3.23. The molecule has 3 N–H and O–H groups in total. The molecule has 8 heteroatoms. The molecule has 0 aliphatic carbocycles. The summed E-state index contributed by atoms with van der Waals surface area (Å²) in [7, 11) is 0. The molecular formula is C24H29N3O4S. The van der Waals surface area contributed by atoms with Crippen LogP contribution in [0.1, 0.15) is 53.3 Å². The van der Waals surface area contributed by atoms with Gasteiger partial charge in [-0.05, 0) is 73.9 Å². The second kappa shape index (κ2) is 12.2. The first-order valence-electron chi connectivity index (χ1n) is 10.9. The number of thiocarbonyl (C=S) groups is 1. The number of ether oxygens (including phenoxy) is 2. The number of benzene rings is 2. The lowest BCUT2D eigenvalue weighted by atomic mass is 10.1. The third-order valence-corrected chi connectivity index (χ3v) is 5.21. The first-order valence-corrected chi connectivity index (χ1v) is 11.3. The van der Waals surface area contributed by atoms with Gasteiger partial charge in [0.05, 0.1) is 12.7 Å². The Hall–Kier alpha value is -2.97. The number of amides is 2. The lowest BCUT2D eigenvalue weighted by Crippen LogP contribution is -2.34. The molecule has 1 atom stereocenters. The van der Waals surface area contributed by atoms with Gasteiger partial charge in [0.2, 0.25) is 0 Å². The number of carbonyl (C=O) groups excluding carboxylic acids is 2. The van der Waals surface area contributed by atoms with E-state index in [0.29, 0.717) is 30.0 Å². The van der Waals surface area contributed by atoms with Crippen molar-refractivity contribution in [2.24, 2.45) is 0 Å². The highest BCUT2D eigenvalue weighted by atomic mass is 32.1. The Morgan fingerprint density at radius 2 is 1.94 bits per heavy atom. The van der Waals surface area contributed by atoms with Gasteiger partial charge in [-0.3, -0.25) is 14.9 Å². The van der Waals surface area contributed by atoms with Crippen LogP contribution in [0.2, 0.25) is 0 Å².